The molecule has 0 aliphatic heterocycles. The lowest BCUT2D eigenvalue weighted by molar-refractivity contribution is 1.07. The average molecular weight is 811 g/mol. The number of pyridine rings is 1. The van der Waals surface area contributed by atoms with Crippen molar-refractivity contribution in [3.05, 3.63) is 206 Å². The molecule has 64 heavy (non-hydrogen) atoms. The van der Waals surface area contributed by atoms with Crippen molar-refractivity contribution in [1.82, 2.24) is 19.9 Å². The third-order valence-corrected chi connectivity index (χ3v) is 13.4. The highest BCUT2D eigenvalue weighted by molar-refractivity contribution is 6.20. The van der Waals surface area contributed by atoms with Crippen molar-refractivity contribution in [1.29, 1.82) is 0 Å². The third kappa shape index (κ3) is 5.23. The summed E-state index contributed by atoms with van der Waals surface area (Å²) in [5.74, 6) is 1.85. The molecule has 0 radical (unpaired) electrons. The Balaban J connectivity index is 1.02. The van der Waals surface area contributed by atoms with Crippen LogP contribution < -0.4 is 0 Å². The molecule has 0 N–H and O–H groups in total. The highest BCUT2D eigenvalue weighted by Gasteiger charge is 2.25. The predicted octanol–water partition coefficient (Wildman–Crippen LogP) is 15.5. The van der Waals surface area contributed by atoms with Gasteiger partial charge in [0.1, 0.15) is 0 Å². The SMILES string of the molecule is c1ccc(-c2nc(-c3cc(-c4ccc5c6c(cccc46)-c4ccccc4-5)cc(-c4ccc5c6c(cccc46)-c4ccccc4-5)c3)nc(-c3ccc4cc5cccnc5cc4c3)n2)cc1. The van der Waals surface area contributed by atoms with Crippen molar-refractivity contribution in [3.63, 3.8) is 0 Å². The van der Waals surface area contributed by atoms with Gasteiger partial charge in [0, 0.05) is 28.3 Å². The summed E-state index contributed by atoms with van der Waals surface area (Å²) in [4.78, 5) is 20.5. The van der Waals surface area contributed by atoms with Crippen molar-refractivity contribution in [2.45, 2.75) is 0 Å². The Morgan fingerprint density at radius 3 is 1.36 bits per heavy atom. The van der Waals surface area contributed by atoms with E-state index < -0.39 is 0 Å². The average Bonchev–Trinajstić information content (AvgIpc) is 3.87. The summed E-state index contributed by atoms with van der Waals surface area (Å²) in [6.45, 7) is 0. The third-order valence-electron chi connectivity index (χ3n) is 13.4. The molecule has 14 rings (SSSR count). The van der Waals surface area contributed by atoms with Gasteiger partial charge in [-0.2, -0.15) is 0 Å². The highest BCUT2D eigenvalue weighted by Crippen LogP contribution is 2.52. The lowest BCUT2D eigenvalue weighted by Crippen LogP contribution is -2.01. The molecular weight excluding hydrogens is 777 g/mol. The van der Waals surface area contributed by atoms with Gasteiger partial charge < -0.3 is 0 Å². The van der Waals surface area contributed by atoms with Gasteiger partial charge in [0.2, 0.25) is 0 Å². The predicted molar refractivity (Wildman–Crippen MR) is 264 cm³/mol. The molecule has 0 atom stereocenters. The Morgan fingerprint density at radius 2 is 0.750 bits per heavy atom. The first-order chi connectivity index (χ1) is 31.7. The maximum atomic E-state index is 5.36. The zero-order valence-electron chi connectivity index (χ0n) is 34.4. The second-order valence-electron chi connectivity index (χ2n) is 17.0. The molecule has 4 heteroatoms. The number of hydrogen-bond acceptors (Lipinski definition) is 4. The molecule has 2 aliphatic rings. The highest BCUT2D eigenvalue weighted by atomic mass is 15.0. The molecule has 0 amide bonds. The van der Waals surface area contributed by atoms with Crippen LogP contribution in [0.25, 0.3) is 144 Å². The summed E-state index contributed by atoms with van der Waals surface area (Å²) in [5, 5.41) is 8.38. The zero-order valence-corrected chi connectivity index (χ0v) is 34.4. The maximum Gasteiger partial charge on any atom is 0.164 e. The quantitative estimate of drug-likeness (QED) is 0.163. The number of benzene rings is 10. The molecule has 10 aromatic carbocycles. The lowest BCUT2D eigenvalue weighted by Gasteiger charge is -2.16. The number of nitrogens with zero attached hydrogens (tertiary/aromatic N) is 4. The summed E-state index contributed by atoms with van der Waals surface area (Å²) in [5.41, 5.74) is 18.5. The van der Waals surface area contributed by atoms with Gasteiger partial charge in [-0.1, -0.05) is 158 Å². The first kappa shape index (κ1) is 35.0. The molecule has 0 bridgehead atoms. The van der Waals surface area contributed by atoms with Crippen molar-refractivity contribution in [2.75, 3.05) is 0 Å². The molecular formula is C60H34N4. The Kier molecular flexibility index (Phi) is 7.36. The Morgan fingerprint density at radius 1 is 0.250 bits per heavy atom. The van der Waals surface area contributed by atoms with Crippen LogP contribution in [0.3, 0.4) is 0 Å². The van der Waals surface area contributed by atoms with Crippen LogP contribution in [0, 0.1) is 0 Å². The monoisotopic (exact) mass is 810 g/mol. The number of aromatic nitrogens is 4. The van der Waals surface area contributed by atoms with E-state index in [1.54, 1.807) is 0 Å². The van der Waals surface area contributed by atoms with Crippen LogP contribution in [-0.4, -0.2) is 19.9 Å². The minimum Gasteiger partial charge on any atom is -0.256 e. The Bertz CT molecular complexity index is 3750. The molecule has 0 saturated heterocycles. The Hall–Kier alpha value is -8.60. The molecule has 2 aliphatic carbocycles. The summed E-state index contributed by atoms with van der Waals surface area (Å²) in [7, 11) is 0. The second kappa shape index (κ2) is 13.4. The molecule has 0 unspecified atom stereocenters. The van der Waals surface area contributed by atoms with Gasteiger partial charge in [0.15, 0.2) is 17.5 Å². The van der Waals surface area contributed by atoms with Crippen LogP contribution in [-0.2, 0) is 0 Å². The van der Waals surface area contributed by atoms with Gasteiger partial charge in [0.05, 0.1) is 5.52 Å². The Labute approximate surface area is 368 Å². The molecule has 2 heterocycles. The molecule has 294 valence electrons. The first-order valence-corrected chi connectivity index (χ1v) is 21.8. The van der Waals surface area contributed by atoms with Gasteiger partial charge in [-0.25, -0.2) is 15.0 Å². The van der Waals surface area contributed by atoms with Gasteiger partial charge in [-0.3, -0.25) is 4.98 Å². The number of fused-ring (bicyclic) bond motifs is 8. The van der Waals surface area contributed by atoms with Gasteiger partial charge in [0.25, 0.3) is 0 Å². The van der Waals surface area contributed by atoms with E-state index in [1.807, 2.05) is 30.5 Å². The van der Waals surface area contributed by atoms with E-state index in [1.165, 1.54) is 77.2 Å². The van der Waals surface area contributed by atoms with E-state index in [9.17, 15) is 0 Å². The van der Waals surface area contributed by atoms with Crippen LogP contribution in [0.15, 0.2) is 206 Å². The zero-order chi connectivity index (χ0) is 41.9. The molecule has 12 aromatic rings. The van der Waals surface area contributed by atoms with E-state index in [-0.39, 0.29) is 0 Å². The number of hydrogen-bond donors (Lipinski definition) is 0. The van der Waals surface area contributed by atoms with Gasteiger partial charge in [-0.15, -0.1) is 0 Å². The normalized spacial score (nSPS) is 12.1. The fraction of sp³-hybridized carbons (Fsp3) is 0. The second-order valence-corrected chi connectivity index (χ2v) is 17.0. The fourth-order valence-electron chi connectivity index (χ4n) is 10.5. The van der Waals surface area contributed by atoms with Crippen LogP contribution in [0.1, 0.15) is 0 Å². The van der Waals surface area contributed by atoms with E-state index in [2.05, 4.69) is 181 Å². The largest absolute Gasteiger partial charge is 0.256 e. The smallest absolute Gasteiger partial charge is 0.164 e. The van der Waals surface area contributed by atoms with Crippen molar-refractivity contribution >= 4 is 43.2 Å². The molecule has 4 nitrogen and oxygen atoms in total. The minimum atomic E-state index is 0.615. The van der Waals surface area contributed by atoms with Crippen LogP contribution >= 0.6 is 0 Å². The van der Waals surface area contributed by atoms with Gasteiger partial charge in [-0.05, 0) is 142 Å². The van der Waals surface area contributed by atoms with Crippen molar-refractivity contribution in [3.8, 4) is 101 Å². The summed E-state index contributed by atoms with van der Waals surface area (Å²) in [6.07, 6.45) is 1.84. The maximum absolute atomic E-state index is 5.36. The molecule has 0 fully saturated rings. The van der Waals surface area contributed by atoms with Gasteiger partial charge >= 0.3 is 0 Å². The van der Waals surface area contributed by atoms with Crippen molar-refractivity contribution in [2.24, 2.45) is 0 Å². The van der Waals surface area contributed by atoms with E-state index >= 15 is 0 Å². The van der Waals surface area contributed by atoms with Crippen molar-refractivity contribution < 1.29 is 0 Å². The van der Waals surface area contributed by atoms with Crippen LogP contribution in [0.4, 0.5) is 0 Å². The van der Waals surface area contributed by atoms with E-state index in [0.29, 0.717) is 17.5 Å². The molecule has 0 saturated carbocycles. The topological polar surface area (TPSA) is 51.6 Å². The number of rotatable bonds is 5. The molecule has 0 spiro atoms. The lowest BCUT2D eigenvalue weighted by atomic mass is 9.89. The standard InChI is InChI=1S/C60H34N4/c1-2-11-35(12-3-1)58-62-59(38-23-22-36-29-37-13-10-28-61-55(37)34-39(36)30-38)64-60(63-58)42-32-40(43-24-26-53-47-16-6-4-14-45(47)51-20-8-18-49(43)56(51)53)31-41(33-42)44-25-27-54-48-17-7-5-15-46(48)52-21-9-19-50(44)57(52)54/h1-34H. The molecule has 2 aromatic heterocycles. The summed E-state index contributed by atoms with van der Waals surface area (Å²) in [6, 6.07) is 72.3. The summed E-state index contributed by atoms with van der Waals surface area (Å²) >= 11 is 0. The van der Waals surface area contributed by atoms with E-state index in [4.69, 9.17) is 15.0 Å². The first-order valence-electron chi connectivity index (χ1n) is 21.8. The van der Waals surface area contributed by atoms with E-state index in [0.717, 1.165) is 49.5 Å². The van der Waals surface area contributed by atoms with Crippen LogP contribution in [0.5, 0.6) is 0 Å². The van der Waals surface area contributed by atoms with Crippen LogP contribution in [0.2, 0.25) is 0 Å². The summed E-state index contributed by atoms with van der Waals surface area (Å²) < 4.78 is 0. The minimum absolute atomic E-state index is 0.615. The fourth-order valence-corrected chi connectivity index (χ4v) is 10.5.